The van der Waals surface area contributed by atoms with Crippen LogP contribution in [0.3, 0.4) is 0 Å². The molecule has 0 heterocycles. The molecule has 0 saturated heterocycles. The Kier molecular flexibility index (Phi) is 9.06. The SMILES string of the molecule is CC(C)C[C@@H](C(=O)O)N(CCCNS(=O)(=O)c1ccc(-c2ccc(Cl)cc2)cc1)C(=O)O. The minimum Gasteiger partial charge on any atom is -0.480 e. The van der Waals surface area contributed by atoms with Gasteiger partial charge in [-0.15, -0.1) is 0 Å². The third-order valence-electron chi connectivity index (χ3n) is 4.81. The molecule has 3 N–H and O–H groups in total. The predicted molar refractivity (Wildman–Crippen MR) is 122 cm³/mol. The van der Waals surface area contributed by atoms with Crippen LogP contribution in [-0.2, 0) is 14.8 Å². The van der Waals surface area contributed by atoms with Crippen molar-refractivity contribution < 1.29 is 28.2 Å². The van der Waals surface area contributed by atoms with Gasteiger partial charge in [0.1, 0.15) is 6.04 Å². The Morgan fingerprint density at radius 1 is 1.00 bits per heavy atom. The summed E-state index contributed by atoms with van der Waals surface area (Å²) >= 11 is 5.88. The second-order valence-corrected chi connectivity index (χ2v) is 9.95. The van der Waals surface area contributed by atoms with Gasteiger partial charge in [-0.1, -0.05) is 49.7 Å². The first-order chi connectivity index (χ1) is 15.0. The lowest BCUT2D eigenvalue weighted by Gasteiger charge is -2.27. The van der Waals surface area contributed by atoms with Gasteiger partial charge in [0.25, 0.3) is 0 Å². The van der Waals surface area contributed by atoms with E-state index in [9.17, 15) is 28.2 Å². The smallest absolute Gasteiger partial charge is 0.408 e. The van der Waals surface area contributed by atoms with Crippen LogP contribution in [0.2, 0.25) is 5.02 Å². The highest BCUT2D eigenvalue weighted by atomic mass is 35.5. The number of aliphatic carboxylic acids is 1. The van der Waals surface area contributed by atoms with E-state index < -0.39 is 28.1 Å². The van der Waals surface area contributed by atoms with Crippen molar-refractivity contribution >= 4 is 33.7 Å². The van der Waals surface area contributed by atoms with Crippen molar-refractivity contribution in [3.8, 4) is 11.1 Å². The number of benzene rings is 2. The van der Waals surface area contributed by atoms with Gasteiger partial charge in [0.15, 0.2) is 0 Å². The lowest BCUT2D eigenvalue weighted by atomic mass is 10.0. The zero-order valence-electron chi connectivity index (χ0n) is 17.9. The second-order valence-electron chi connectivity index (χ2n) is 7.74. The number of carboxylic acid groups (broad SMARTS) is 2. The Labute approximate surface area is 192 Å². The number of hydrogen-bond acceptors (Lipinski definition) is 4. The summed E-state index contributed by atoms with van der Waals surface area (Å²) < 4.78 is 27.5. The van der Waals surface area contributed by atoms with E-state index >= 15 is 0 Å². The number of carbonyl (C=O) groups is 2. The van der Waals surface area contributed by atoms with Crippen molar-refractivity contribution in [2.45, 2.75) is 37.6 Å². The normalized spacial score (nSPS) is 12.5. The molecule has 32 heavy (non-hydrogen) atoms. The summed E-state index contributed by atoms with van der Waals surface area (Å²) in [5.41, 5.74) is 1.73. The van der Waals surface area contributed by atoms with Crippen LogP contribution in [0.25, 0.3) is 11.1 Å². The number of halogens is 1. The number of hydrogen-bond donors (Lipinski definition) is 3. The number of amides is 1. The Morgan fingerprint density at radius 2 is 1.53 bits per heavy atom. The van der Waals surface area contributed by atoms with Crippen LogP contribution in [0.15, 0.2) is 53.4 Å². The van der Waals surface area contributed by atoms with Crippen LogP contribution in [0.4, 0.5) is 4.79 Å². The van der Waals surface area contributed by atoms with Crippen LogP contribution in [0.5, 0.6) is 0 Å². The fraction of sp³-hybridized carbons (Fsp3) is 0.364. The van der Waals surface area contributed by atoms with Crippen molar-refractivity contribution in [1.82, 2.24) is 9.62 Å². The minimum absolute atomic E-state index is 0.00713. The van der Waals surface area contributed by atoms with E-state index in [0.29, 0.717) is 5.02 Å². The highest BCUT2D eigenvalue weighted by molar-refractivity contribution is 7.89. The summed E-state index contributed by atoms with van der Waals surface area (Å²) in [5.74, 6) is -1.23. The highest BCUT2D eigenvalue weighted by Gasteiger charge is 2.29. The van der Waals surface area contributed by atoms with Crippen molar-refractivity contribution in [2.24, 2.45) is 5.92 Å². The number of rotatable bonds is 11. The Balaban J connectivity index is 1.98. The first-order valence-electron chi connectivity index (χ1n) is 10.1. The fourth-order valence-electron chi connectivity index (χ4n) is 3.20. The molecule has 2 aromatic carbocycles. The molecule has 2 aromatic rings. The van der Waals surface area contributed by atoms with Gasteiger partial charge in [-0.05, 0) is 54.2 Å². The van der Waals surface area contributed by atoms with Gasteiger partial charge in [-0.25, -0.2) is 22.7 Å². The summed E-state index contributed by atoms with van der Waals surface area (Å²) in [6.45, 7) is 3.49. The largest absolute Gasteiger partial charge is 0.480 e. The number of nitrogens with one attached hydrogen (secondary N) is 1. The third-order valence-corrected chi connectivity index (χ3v) is 6.54. The second kappa shape index (κ2) is 11.3. The third kappa shape index (κ3) is 7.22. The van der Waals surface area contributed by atoms with Gasteiger partial charge in [0.2, 0.25) is 10.0 Å². The number of carboxylic acids is 1. The molecule has 0 bridgehead atoms. The van der Waals surface area contributed by atoms with Gasteiger partial charge >= 0.3 is 12.1 Å². The number of sulfonamides is 1. The average Bonchev–Trinajstić information content (AvgIpc) is 2.72. The lowest BCUT2D eigenvalue weighted by Crippen LogP contribution is -2.46. The molecular formula is C22H27ClN2O6S. The summed E-state index contributed by atoms with van der Waals surface area (Å²) in [6.07, 6.45) is -1.04. The van der Waals surface area contributed by atoms with Crippen molar-refractivity contribution in [2.75, 3.05) is 13.1 Å². The molecule has 0 fully saturated rings. The maximum atomic E-state index is 12.5. The molecule has 0 aromatic heterocycles. The van der Waals surface area contributed by atoms with Crippen molar-refractivity contribution in [3.05, 3.63) is 53.6 Å². The minimum atomic E-state index is -3.79. The average molecular weight is 483 g/mol. The molecule has 0 radical (unpaired) electrons. The van der Waals surface area contributed by atoms with Crippen LogP contribution < -0.4 is 4.72 Å². The topological polar surface area (TPSA) is 124 Å². The molecule has 0 unspecified atom stereocenters. The molecule has 0 aliphatic carbocycles. The molecule has 10 heteroatoms. The highest BCUT2D eigenvalue weighted by Crippen LogP contribution is 2.23. The fourth-order valence-corrected chi connectivity index (χ4v) is 4.40. The summed E-state index contributed by atoms with van der Waals surface area (Å²) in [4.78, 5) is 23.9. The molecule has 1 atom stereocenters. The number of nitrogens with zero attached hydrogens (tertiary/aromatic N) is 1. The lowest BCUT2D eigenvalue weighted by molar-refractivity contribution is -0.143. The zero-order chi connectivity index (χ0) is 23.9. The molecule has 0 saturated carbocycles. The Morgan fingerprint density at radius 3 is 2.00 bits per heavy atom. The van der Waals surface area contributed by atoms with Crippen molar-refractivity contribution in [1.29, 1.82) is 0 Å². The van der Waals surface area contributed by atoms with Crippen LogP contribution in [-0.4, -0.2) is 54.7 Å². The van der Waals surface area contributed by atoms with E-state index in [0.717, 1.165) is 16.0 Å². The standard InChI is InChI=1S/C22H27ClN2O6S/c1-15(2)14-20(21(26)27)25(22(28)29)13-3-12-24-32(30,31)19-10-6-17(7-11-19)16-4-8-18(23)9-5-16/h4-11,15,20,24H,3,12-14H2,1-2H3,(H,26,27)(H,28,29)/t20-/m0/s1. The van der Waals surface area contributed by atoms with E-state index in [4.69, 9.17) is 11.6 Å². The zero-order valence-corrected chi connectivity index (χ0v) is 19.4. The predicted octanol–water partition coefficient (Wildman–Crippen LogP) is 4.15. The maximum Gasteiger partial charge on any atom is 0.408 e. The van der Waals surface area contributed by atoms with Gasteiger partial charge in [0.05, 0.1) is 4.90 Å². The molecule has 0 aliphatic rings. The Hall–Kier alpha value is -2.62. The molecular weight excluding hydrogens is 456 g/mol. The van der Waals surface area contributed by atoms with Gasteiger partial charge in [-0.3, -0.25) is 4.90 Å². The van der Waals surface area contributed by atoms with Crippen LogP contribution in [0, 0.1) is 5.92 Å². The van der Waals surface area contributed by atoms with E-state index in [-0.39, 0.29) is 36.7 Å². The first kappa shape index (κ1) is 25.6. The van der Waals surface area contributed by atoms with E-state index in [1.807, 2.05) is 26.0 Å². The van der Waals surface area contributed by atoms with Gasteiger partial charge in [-0.2, -0.15) is 0 Å². The Bertz CT molecular complexity index is 1020. The quantitative estimate of drug-likeness (QED) is 0.413. The maximum absolute atomic E-state index is 12.5. The summed E-state index contributed by atoms with van der Waals surface area (Å²) in [7, 11) is -3.79. The summed E-state index contributed by atoms with van der Waals surface area (Å²) in [5, 5.41) is 19.4. The molecule has 174 valence electrons. The van der Waals surface area contributed by atoms with Gasteiger partial charge < -0.3 is 10.2 Å². The van der Waals surface area contributed by atoms with Crippen LogP contribution in [0.1, 0.15) is 26.7 Å². The van der Waals surface area contributed by atoms with Crippen LogP contribution >= 0.6 is 11.6 Å². The first-order valence-corrected chi connectivity index (χ1v) is 12.0. The van der Waals surface area contributed by atoms with E-state index in [1.165, 1.54) is 12.1 Å². The monoisotopic (exact) mass is 482 g/mol. The van der Waals surface area contributed by atoms with E-state index in [2.05, 4.69) is 4.72 Å². The van der Waals surface area contributed by atoms with Gasteiger partial charge in [0, 0.05) is 18.1 Å². The molecule has 0 aliphatic heterocycles. The molecule has 8 nitrogen and oxygen atoms in total. The van der Waals surface area contributed by atoms with Crippen molar-refractivity contribution in [3.63, 3.8) is 0 Å². The van der Waals surface area contributed by atoms with E-state index in [1.54, 1.807) is 24.3 Å². The molecule has 0 spiro atoms. The molecule has 2 rings (SSSR count). The molecule has 1 amide bonds. The summed E-state index contributed by atoms with van der Waals surface area (Å²) in [6, 6.07) is 12.3.